The quantitative estimate of drug-likeness (QED) is 0.354. The second-order valence-electron chi connectivity index (χ2n) is 10.0. The number of benzene rings is 2. The molecular weight excluding hydrogens is 549 g/mol. The fraction of sp³-hybridized carbons (Fsp3) is 0.393. The molecule has 2 aliphatic rings. The highest BCUT2D eigenvalue weighted by Crippen LogP contribution is 2.43. The zero-order valence-electron chi connectivity index (χ0n) is 21.6. The predicted molar refractivity (Wildman–Crippen MR) is 142 cm³/mol. The number of nitrogens with zero attached hydrogens (tertiary/aromatic N) is 3. The van der Waals surface area contributed by atoms with Gasteiger partial charge < -0.3 is 5.32 Å². The topological polar surface area (TPSA) is 84.3 Å². The van der Waals surface area contributed by atoms with Crippen molar-refractivity contribution in [3.05, 3.63) is 80.7 Å². The second-order valence-corrected chi connectivity index (χ2v) is 12.7. The first-order valence-electron chi connectivity index (χ1n) is 12.8. The number of rotatable bonds is 7. The molecule has 1 unspecified atom stereocenters. The molecule has 1 aromatic heterocycles. The highest BCUT2D eigenvalue weighted by Gasteiger charge is 2.38. The minimum Gasteiger partial charge on any atom is -0.346 e. The van der Waals surface area contributed by atoms with E-state index < -0.39 is 39.5 Å². The summed E-state index contributed by atoms with van der Waals surface area (Å²) in [6.45, 7) is 0.678. The SMILES string of the molecule is CN=S(=O)(c1cccc(C2CC2)c1F)c1nnc2c(c1C(=O)NCC(F)(F)c1ccc(C)cc1Cl)CCCC2. The molecule has 1 amide bonds. The number of carbonyl (C=O) groups is 1. The minimum absolute atomic E-state index is 0.0404. The van der Waals surface area contributed by atoms with Crippen LogP contribution in [0.25, 0.3) is 0 Å². The van der Waals surface area contributed by atoms with Crippen molar-refractivity contribution in [3.63, 3.8) is 0 Å². The number of hydrogen-bond donors (Lipinski definition) is 1. The molecule has 1 N–H and O–H groups in total. The molecule has 0 spiro atoms. The summed E-state index contributed by atoms with van der Waals surface area (Å²) in [5, 5.41) is 10.2. The lowest BCUT2D eigenvalue weighted by Crippen LogP contribution is -2.37. The van der Waals surface area contributed by atoms with Crippen molar-refractivity contribution >= 4 is 27.2 Å². The van der Waals surface area contributed by atoms with Crippen molar-refractivity contribution in [2.75, 3.05) is 13.6 Å². The summed E-state index contributed by atoms with van der Waals surface area (Å²) in [4.78, 5) is 13.4. The monoisotopic (exact) mass is 576 g/mol. The molecule has 1 fully saturated rings. The number of amides is 1. The predicted octanol–water partition coefficient (Wildman–Crippen LogP) is 6.37. The van der Waals surface area contributed by atoms with Crippen molar-refractivity contribution in [2.24, 2.45) is 4.36 Å². The maximum atomic E-state index is 15.7. The Balaban J connectivity index is 1.57. The molecule has 5 rings (SSSR count). The van der Waals surface area contributed by atoms with Gasteiger partial charge in [-0.15, -0.1) is 5.10 Å². The summed E-state index contributed by atoms with van der Waals surface area (Å²) in [5.74, 6) is -4.99. The highest BCUT2D eigenvalue weighted by atomic mass is 35.5. The lowest BCUT2D eigenvalue weighted by molar-refractivity contribution is -0.00243. The molecule has 0 bridgehead atoms. The van der Waals surface area contributed by atoms with Gasteiger partial charge in [-0.3, -0.25) is 4.79 Å². The summed E-state index contributed by atoms with van der Waals surface area (Å²) in [6.07, 6.45) is 4.16. The summed E-state index contributed by atoms with van der Waals surface area (Å²) >= 11 is 6.07. The summed E-state index contributed by atoms with van der Waals surface area (Å²) in [6, 6.07) is 8.79. The summed E-state index contributed by atoms with van der Waals surface area (Å²) in [5.41, 5.74) is 1.63. The Labute approximate surface area is 230 Å². The third kappa shape index (κ3) is 5.16. The van der Waals surface area contributed by atoms with Gasteiger partial charge in [0.05, 0.1) is 27.7 Å². The van der Waals surface area contributed by atoms with Gasteiger partial charge in [0.2, 0.25) is 0 Å². The van der Waals surface area contributed by atoms with E-state index in [1.807, 2.05) is 0 Å². The molecule has 11 heteroatoms. The van der Waals surface area contributed by atoms with Crippen LogP contribution >= 0.6 is 11.6 Å². The number of aromatic nitrogens is 2. The number of hydrogen-bond acceptors (Lipinski definition) is 5. The number of fused-ring (bicyclic) bond motifs is 1. The number of nitrogens with one attached hydrogen (secondary N) is 1. The Morgan fingerprint density at radius 3 is 2.62 bits per heavy atom. The molecule has 2 aromatic carbocycles. The van der Waals surface area contributed by atoms with Crippen LogP contribution in [0.2, 0.25) is 5.02 Å². The molecule has 206 valence electrons. The van der Waals surface area contributed by atoms with Gasteiger partial charge in [0.25, 0.3) is 11.8 Å². The van der Waals surface area contributed by atoms with Crippen LogP contribution in [0.4, 0.5) is 13.2 Å². The standard InChI is InChI=1S/C28H28ClF3N4O2S/c1-16-10-13-20(21(29)14-16)28(31,32)15-34-26(37)24-19-6-3-4-8-22(19)35-36-27(24)39(38,33-2)23-9-5-7-18(25(23)30)17-11-12-17/h5,7,9-10,13-14,17H,3-4,6,8,11-12,15H2,1-2H3,(H,34,37). The Morgan fingerprint density at radius 1 is 1.18 bits per heavy atom. The van der Waals surface area contributed by atoms with Crippen LogP contribution in [0.3, 0.4) is 0 Å². The molecule has 0 aliphatic heterocycles. The zero-order chi connectivity index (χ0) is 27.9. The first-order valence-corrected chi connectivity index (χ1v) is 14.7. The third-order valence-corrected chi connectivity index (χ3v) is 9.81. The van der Waals surface area contributed by atoms with Crippen molar-refractivity contribution < 1.29 is 22.2 Å². The van der Waals surface area contributed by atoms with Gasteiger partial charge >= 0.3 is 0 Å². The van der Waals surface area contributed by atoms with Crippen LogP contribution in [0.5, 0.6) is 0 Å². The van der Waals surface area contributed by atoms with E-state index in [0.717, 1.165) is 31.2 Å². The number of aryl methyl sites for hydroxylation is 2. The van der Waals surface area contributed by atoms with Gasteiger partial charge in [-0.2, -0.15) is 13.9 Å². The van der Waals surface area contributed by atoms with Gasteiger partial charge in [-0.25, -0.2) is 13.0 Å². The Bertz CT molecular complexity index is 1580. The van der Waals surface area contributed by atoms with Crippen molar-refractivity contribution in [2.45, 2.75) is 67.2 Å². The Morgan fingerprint density at radius 2 is 1.92 bits per heavy atom. The lowest BCUT2D eigenvalue weighted by Gasteiger charge is -2.23. The molecule has 2 aliphatic carbocycles. The normalized spacial score (nSPS) is 16.8. The molecule has 0 saturated heterocycles. The van der Waals surface area contributed by atoms with Gasteiger partial charge in [0.1, 0.15) is 15.5 Å². The Kier molecular flexibility index (Phi) is 7.45. The van der Waals surface area contributed by atoms with Crippen LogP contribution in [0, 0.1) is 12.7 Å². The van der Waals surface area contributed by atoms with Crippen molar-refractivity contribution in [3.8, 4) is 0 Å². The van der Waals surface area contributed by atoms with E-state index >= 15 is 13.2 Å². The first-order chi connectivity index (χ1) is 18.6. The van der Waals surface area contributed by atoms with Crippen molar-refractivity contribution in [1.82, 2.24) is 15.5 Å². The largest absolute Gasteiger partial charge is 0.346 e. The van der Waals surface area contributed by atoms with Crippen LogP contribution in [0.1, 0.15) is 69.9 Å². The second kappa shape index (κ2) is 10.5. The van der Waals surface area contributed by atoms with Crippen LogP contribution < -0.4 is 5.32 Å². The first kappa shape index (κ1) is 27.6. The van der Waals surface area contributed by atoms with E-state index in [4.69, 9.17) is 11.6 Å². The third-order valence-electron chi connectivity index (χ3n) is 7.26. The zero-order valence-corrected chi connectivity index (χ0v) is 23.1. The summed E-state index contributed by atoms with van der Waals surface area (Å²) in [7, 11) is -2.50. The van der Waals surface area contributed by atoms with Gasteiger partial charge in [0.15, 0.2) is 5.03 Å². The van der Waals surface area contributed by atoms with Gasteiger partial charge in [-0.05, 0) is 80.2 Å². The van der Waals surface area contributed by atoms with E-state index in [0.29, 0.717) is 29.7 Å². The lowest BCUT2D eigenvalue weighted by atomic mass is 9.93. The van der Waals surface area contributed by atoms with E-state index in [-0.39, 0.29) is 26.4 Å². The average Bonchev–Trinajstić information content (AvgIpc) is 3.76. The van der Waals surface area contributed by atoms with Crippen LogP contribution in [-0.2, 0) is 28.5 Å². The summed E-state index contributed by atoms with van der Waals surface area (Å²) < 4.78 is 64.5. The maximum Gasteiger partial charge on any atom is 0.291 e. The van der Waals surface area contributed by atoms with Crippen molar-refractivity contribution in [1.29, 1.82) is 0 Å². The molecular formula is C28H28ClF3N4O2S. The van der Waals surface area contributed by atoms with E-state index in [1.54, 1.807) is 19.1 Å². The Hall–Kier alpha value is -2.98. The minimum atomic E-state index is -3.76. The smallest absolute Gasteiger partial charge is 0.291 e. The van der Waals surface area contributed by atoms with E-state index in [1.165, 1.54) is 31.3 Å². The average molecular weight is 577 g/mol. The molecule has 1 heterocycles. The molecule has 1 saturated carbocycles. The van der Waals surface area contributed by atoms with Crippen LogP contribution in [-0.4, -0.2) is 33.9 Å². The molecule has 1 atom stereocenters. The van der Waals surface area contributed by atoms with Crippen LogP contribution in [0.15, 0.2) is 50.7 Å². The fourth-order valence-corrected chi connectivity index (χ4v) is 7.23. The van der Waals surface area contributed by atoms with E-state index in [2.05, 4.69) is 19.9 Å². The van der Waals surface area contributed by atoms with E-state index in [9.17, 15) is 9.00 Å². The molecule has 6 nitrogen and oxygen atoms in total. The van der Waals surface area contributed by atoms with Gasteiger partial charge in [0, 0.05) is 12.6 Å². The number of carbonyl (C=O) groups excluding carboxylic acids is 1. The van der Waals surface area contributed by atoms with Gasteiger partial charge in [-0.1, -0.05) is 35.9 Å². The fourth-order valence-electron chi connectivity index (χ4n) is 5.01. The highest BCUT2D eigenvalue weighted by molar-refractivity contribution is 7.93. The molecule has 39 heavy (non-hydrogen) atoms. The molecule has 0 radical (unpaired) electrons. The maximum absolute atomic E-state index is 15.7. The molecule has 3 aromatic rings. The number of halogens is 4. The number of alkyl halides is 2.